The zero-order valence-electron chi connectivity index (χ0n) is 14.1. The van der Waals surface area contributed by atoms with E-state index < -0.39 is 28.3 Å². The van der Waals surface area contributed by atoms with E-state index >= 15 is 0 Å². The second kappa shape index (κ2) is 6.70. The third-order valence-electron chi connectivity index (χ3n) is 4.53. The van der Waals surface area contributed by atoms with Crippen LogP contribution < -0.4 is 0 Å². The fraction of sp³-hybridized carbons (Fsp3) is 0.471. The van der Waals surface area contributed by atoms with E-state index in [4.69, 9.17) is 5.11 Å². The first-order valence-corrected chi connectivity index (χ1v) is 10.2. The molecule has 0 aliphatic heterocycles. The van der Waals surface area contributed by atoms with Gasteiger partial charge in [-0.25, -0.2) is 8.42 Å². The second-order valence-electron chi connectivity index (χ2n) is 6.72. The summed E-state index contributed by atoms with van der Waals surface area (Å²) >= 11 is 0. The van der Waals surface area contributed by atoms with Crippen LogP contribution in [0.3, 0.4) is 0 Å². The van der Waals surface area contributed by atoms with Crippen molar-refractivity contribution < 1.29 is 26.7 Å². The van der Waals surface area contributed by atoms with E-state index in [1.54, 1.807) is 6.07 Å². The van der Waals surface area contributed by atoms with E-state index in [0.717, 1.165) is 29.5 Å². The van der Waals surface area contributed by atoms with E-state index in [0.29, 0.717) is 0 Å². The molecule has 0 spiro atoms. The van der Waals surface area contributed by atoms with Gasteiger partial charge < -0.3 is 5.11 Å². The molecule has 1 heterocycles. The quantitative estimate of drug-likeness (QED) is 0.854. The minimum absolute atomic E-state index is 0.0309. The number of benzene rings is 1. The first-order chi connectivity index (χ1) is 12.1. The predicted molar refractivity (Wildman–Crippen MR) is 89.5 cm³/mol. The minimum Gasteiger partial charge on any atom is -0.392 e. The molecule has 9 heteroatoms. The predicted octanol–water partition coefficient (Wildman–Crippen LogP) is 2.52. The molecule has 1 aliphatic carbocycles. The van der Waals surface area contributed by atoms with Gasteiger partial charge >= 0.3 is 6.18 Å². The molecule has 0 saturated heterocycles. The fourth-order valence-electron chi connectivity index (χ4n) is 3.48. The van der Waals surface area contributed by atoms with Crippen LogP contribution in [-0.2, 0) is 35.6 Å². The van der Waals surface area contributed by atoms with Crippen LogP contribution in [0.15, 0.2) is 24.4 Å². The van der Waals surface area contributed by atoms with Crippen LogP contribution in [0, 0.1) is 0 Å². The highest BCUT2D eigenvalue weighted by Gasteiger charge is 2.37. The molecule has 1 aromatic heterocycles. The van der Waals surface area contributed by atoms with Crippen molar-refractivity contribution in [1.82, 2.24) is 9.78 Å². The second-order valence-corrected chi connectivity index (χ2v) is 8.90. The van der Waals surface area contributed by atoms with Crippen molar-refractivity contribution in [3.63, 3.8) is 0 Å². The number of hydrogen-bond acceptors (Lipinski definition) is 4. The molecule has 142 valence electrons. The number of aliphatic hydroxyl groups is 1. The van der Waals surface area contributed by atoms with Gasteiger partial charge in [0.25, 0.3) is 0 Å². The number of aryl methyl sites for hydroxylation is 1. The first kappa shape index (κ1) is 18.9. The van der Waals surface area contributed by atoms with Gasteiger partial charge in [-0.05, 0) is 35.4 Å². The van der Waals surface area contributed by atoms with Gasteiger partial charge in [0.05, 0.1) is 18.9 Å². The molecular formula is C17H19F3N2O3S. The SMILES string of the molecule is CS(=O)(=O)CC1CCc2cc(Cn3cc(CO)c(C(F)(F)F)n3)ccc21. The lowest BCUT2D eigenvalue weighted by Crippen LogP contribution is -2.11. The molecule has 0 fully saturated rings. The van der Waals surface area contributed by atoms with Crippen molar-refractivity contribution >= 4 is 9.84 Å². The van der Waals surface area contributed by atoms with Gasteiger partial charge in [0.1, 0.15) is 9.84 Å². The zero-order valence-corrected chi connectivity index (χ0v) is 14.9. The fourth-order valence-corrected chi connectivity index (χ4v) is 4.56. The number of aliphatic hydroxyl groups excluding tert-OH is 1. The summed E-state index contributed by atoms with van der Waals surface area (Å²) < 4.78 is 62.9. The average molecular weight is 388 g/mol. The first-order valence-electron chi connectivity index (χ1n) is 8.10. The lowest BCUT2D eigenvalue weighted by molar-refractivity contribution is -0.142. The molecule has 26 heavy (non-hydrogen) atoms. The van der Waals surface area contributed by atoms with Crippen molar-refractivity contribution in [1.29, 1.82) is 0 Å². The third kappa shape index (κ3) is 4.09. The molecule has 3 rings (SSSR count). The summed E-state index contributed by atoms with van der Waals surface area (Å²) in [7, 11) is -3.07. The lowest BCUT2D eigenvalue weighted by Gasteiger charge is -2.11. The summed E-state index contributed by atoms with van der Waals surface area (Å²) in [5.74, 6) is 0.0735. The van der Waals surface area contributed by atoms with Crippen LogP contribution in [0.25, 0.3) is 0 Å². The highest BCUT2D eigenvalue weighted by molar-refractivity contribution is 7.90. The summed E-state index contributed by atoms with van der Waals surface area (Å²) in [6.07, 6.45) is -0.699. The third-order valence-corrected chi connectivity index (χ3v) is 5.54. The molecule has 2 aromatic rings. The molecule has 0 amide bonds. The number of rotatable bonds is 5. The highest BCUT2D eigenvalue weighted by atomic mass is 32.2. The van der Waals surface area contributed by atoms with Gasteiger partial charge in [0, 0.05) is 18.0 Å². The van der Waals surface area contributed by atoms with Crippen LogP contribution in [0.4, 0.5) is 13.2 Å². The maximum Gasteiger partial charge on any atom is 0.435 e. The molecule has 5 nitrogen and oxygen atoms in total. The number of sulfone groups is 1. The smallest absolute Gasteiger partial charge is 0.392 e. The Morgan fingerprint density at radius 1 is 1.35 bits per heavy atom. The van der Waals surface area contributed by atoms with E-state index in [9.17, 15) is 21.6 Å². The molecule has 0 bridgehead atoms. The van der Waals surface area contributed by atoms with E-state index in [1.165, 1.54) is 17.1 Å². The Labute approximate surface area is 149 Å². The maximum absolute atomic E-state index is 12.9. The van der Waals surface area contributed by atoms with Gasteiger partial charge in [0.2, 0.25) is 0 Å². The number of nitrogens with zero attached hydrogens (tertiary/aromatic N) is 2. The number of halogens is 3. The molecule has 1 atom stereocenters. The van der Waals surface area contributed by atoms with E-state index in [-0.39, 0.29) is 23.8 Å². The Morgan fingerprint density at radius 3 is 2.65 bits per heavy atom. The van der Waals surface area contributed by atoms with Crippen LogP contribution in [0.1, 0.15) is 40.3 Å². The van der Waals surface area contributed by atoms with Gasteiger partial charge in [-0.3, -0.25) is 4.68 Å². The lowest BCUT2D eigenvalue weighted by atomic mass is 10.0. The summed E-state index contributed by atoms with van der Waals surface area (Å²) in [6, 6.07) is 5.53. The molecule has 1 aromatic carbocycles. The largest absolute Gasteiger partial charge is 0.435 e. The molecule has 1 aliphatic rings. The zero-order chi connectivity index (χ0) is 19.1. The molecule has 0 saturated carbocycles. The Balaban J connectivity index is 1.82. The molecular weight excluding hydrogens is 369 g/mol. The summed E-state index contributed by atoms with van der Waals surface area (Å²) in [6.45, 7) is -0.584. The summed E-state index contributed by atoms with van der Waals surface area (Å²) in [5.41, 5.74) is 1.47. The Hall–Kier alpha value is -1.87. The van der Waals surface area contributed by atoms with Gasteiger partial charge in [-0.1, -0.05) is 18.2 Å². The summed E-state index contributed by atoms with van der Waals surface area (Å²) in [5, 5.41) is 12.7. The van der Waals surface area contributed by atoms with E-state index in [1.807, 2.05) is 12.1 Å². The number of hydrogen-bond donors (Lipinski definition) is 1. The monoisotopic (exact) mass is 388 g/mol. The van der Waals surface area contributed by atoms with E-state index in [2.05, 4.69) is 5.10 Å². The Bertz CT molecular complexity index is 920. The minimum atomic E-state index is -4.61. The maximum atomic E-state index is 12.9. The van der Waals surface area contributed by atoms with Crippen LogP contribution >= 0.6 is 0 Å². The molecule has 1 unspecified atom stereocenters. The van der Waals surface area contributed by atoms with Crippen LogP contribution in [-0.4, -0.2) is 35.3 Å². The van der Waals surface area contributed by atoms with Crippen molar-refractivity contribution in [2.75, 3.05) is 12.0 Å². The van der Waals surface area contributed by atoms with Crippen molar-refractivity contribution in [3.8, 4) is 0 Å². The Kier molecular flexibility index (Phi) is 4.87. The van der Waals surface area contributed by atoms with Gasteiger partial charge in [-0.2, -0.15) is 18.3 Å². The number of fused-ring (bicyclic) bond motifs is 1. The van der Waals surface area contributed by atoms with Crippen molar-refractivity contribution in [2.45, 2.75) is 38.1 Å². The topological polar surface area (TPSA) is 72.2 Å². The van der Waals surface area contributed by atoms with Crippen LogP contribution in [0.5, 0.6) is 0 Å². The highest BCUT2D eigenvalue weighted by Crippen LogP contribution is 2.35. The van der Waals surface area contributed by atoms with Gasteiger partial charge in [-0.15, -0.1) is 0 Å². The normalized spacial score (nSPS) is 17.5. The molecule has 1 N–H and O–H groups in total. The summed E-state index contributed by atoms with van der Waals surface area (Å²) in [4.78, 5) is 0. The number of alkyl halides is 3. The van der Waals surface area contributed by atoms with Crippen LogP contribution in [0.2, 0.25) is 0 Å². The average Bonchev–Trinajstić information content (AvgIpc) is 3.09. The standard InChI is InChI=1S/C17H19F3N2O3S/c1-26(24,25)10-13-4-3-12-6-11(2-5-15(12)13)7-22-8-14(9-23)16(21-22)17(18,19)20/h2,5-6,8,13,23H,3-4,7,9-10H2,1H3. The van der Waals surface area contributed by atoms with Crippen molar-refractivity contribution in [3.05, 3.63) is 52.3 Å². The number of aromatic nitrogens is 2. The van der Waals surface area contributed by atoms with Crippen molar-refractivity contribution in [2.24, 2.45) is 0 Å². The molecule has 0 radical (unpaired) electrons. The van der Waals surface area contributed by atoms with Gasteiger partial charge in [0.15, 0.2) is 5.69 Å². The Morgan fingerprint density at radius 2 is 2.08 bits per heavy atom.